The number of methoxy groups -OCH3 is 1. The fourth-order valence-corrected chi connectivity index (χ4v) is 5.06. The maximum atomic E-state index is 14.2. The summed E-state index contributed by atoms with van der Waals surface area (Å²) >= 11 is 1.42. The Balaban J connectivity index is 1.63. The number of nitrogens with one attached hydrogen (secondary N) is 1. The highest BCUT2D eigenvalue weighted by molar-refractivity contribution is 7.09. The Morgan fingerprint density at radius 1 is 1.52 bits per heavy atom. The molecule has 0 spiro atoms. The van der Waals surface area contributed by atoms with E-state index in [1.54, 1.807) is 6.07 Å². The van der Waals surface area contributed by atoms with Gasteiger partial charge in [0.2, 0.25) is 0 Å². The number of carbonyl (C=O) groups is 1. The summed E-state index contributed by atoms with van der Waals surface area (Å²) in [4.78, 5) is 20.3. The molecule has 8 heteroatoms. The molecule has 2 N–H and O–H groups in total. The molecule has 1 aromatic heterocycles. The van der Waals surface area contributed by atoms with Crippen molar-refractivity contribution in [2.24, 2.45) is 4.99 Å². The van der Waals surface area contributed by atoms with Gasteiger partial charge < -0.3 is 15.2 Å². The van der Waals surface area contributed by atoms with E-state index in [1.165, 1.54) is 36.2 Å². The van der Waals surface area contributed by atoms with Crippen LogP contribution in [0.4, 0.5) is 4.39 Å². The summed E-state index contributed by atoms with van der Waals surface area (Å²) in [5.74, 6) is -0.969. The normalized spacial score (nSPS) is 17.1. The molecule has 2 aromatic rings. The molecule has 2 unspecified atom stereocenters. The first-order valence-electron chi connectivity index (χ1n) is 11.0. The van der Waals surface area contributed by atoms with Gasteiger partial charge in [-0.3, -0.25) is 4.79 Å². The van der Waals surface area contributed by atoms with Crippen molar-refractivity contribution in [1.29, 1.82) is 0 Å². The van der Waals surface area contributed by atoms with Gasteiger partial charge in [0.05, 0.1) is 19.2 Å². The Kier molecular flexibility index (Phi) is 8.77. The quantitative estimate of drug-likeness (QED) is 0.425. The number of aliphatic carboxylic acids is 1. The molecule has 0 bridgehead atoms. The molecule has 33 heavy (non-hydrogen) atoms. The van der Waals surface area contributed by atoms with E-state index in [2.05, 4.69) is 23.1 Å². The highest BCUT2D eigenvalue weighted by Gasteiger charge is 2.23. The fourth-order valence-electron chi connectivity index (χ4n) is 4.08. The number of hydrogen-bond donors (Lipinski definition) is 2. The molecular formula is C25H30FN3O3S. The third-order valence-electron chi connectivity index (χ3n) is 5.74. The number of aryl methyl sites for hydroxylation is 1. The molecule has 176 valence electrons. The number of rotatable bonds is 11. The monoisotopic (exact) mass is 471 g/mol. The number of carboxylic acids is 1. The minimum absolute atomic E-state index is 0.131. The first-order valence-corrected chi connectivity index (χ1v) is 11.9. The highest BCUT2D eigenvalue weighted by atomic mass is 32.1. The molecule has 1 aliphatic rings. The zero-order valence-corrected chi connectivity index (χ0v) is 19.8. The largest absolute Gasteiger partial charge is 0.494 e. The Hall–Kier alpha value is -3.00. The number of aromatic nitrogens is 1. The first-order chi connectivity index (χ1) is 15.9. The molecule has 1 aliphatic heterocycles. The minimum Gasteiger partial charge on any atom is -0.494 e. The summed E-state index contributed by atoms with van der Waals surface area (Å²) in [5, 5.41) is 15.5. The molecule has 2 atom stereocenters. The van der Waals surface area contributed by atoms with Crippen LogP contribution in [0.1, 0.15) is 61.2 Å². The number of aliphatic imine (C=N–C) groups is 1. The van der Waals surface area contributed by atoms with E-state index in [0.29, 0.717) is 16.6 Å². The van der Waals surface area contributed by atoms with Gasteiger partial charge in [-0.25, -0.2) is 14.4 Å². The molecule has 0 aliphatic carbocycles. The van der Waals surface area contributed by atoms with Crippen molar-refractivity contribution >= 4 is 24.0 Å². The molecule has 2 heterocycles. The van der Waals surface area contributed by atoms with Gasteiger partial charge in [-0.05, 0) is 69.0 Å². The number of ether oxygens (including phenoxy) is 1. The fraction of sp³-hybridized carbons (Fsp3) is 0.400. The van der Waals surface area contributed by atoms with Gasteiger partial charge in [0.25, 0.3) is 0 Å². The lowest BCUT2D eigenvalue weighted by molar-refractivity contribution is -0.137. The lowest BCUT2D eigenvalue weighted by Gasteiger charge is -2.26. The number of allylic oxidation sites excluding steroid dienone is 3. The second-order valence-electron chi connectivity index (χ2n) is 8.03. The zero-order chi connectivity index (χ0) is 23.8. The van der Waals surface area contributed by atoms with Crippen LogP contribution >= 0.6 is 11.3 Å². The van der Waals surface area contributed by atoms with Crippen LogP contribution in [0.3, 0.4) is 0 Å². The number of thiazole rings is 1. The summed E-state index contributed by atoms with van der Waals surface area (Å²) in [6.45, 7) is 5.67. The second-order valence-corrected chi connectivity index (χ2v) is 8.92. The summed E-state index contributed by atoms with van der Waals surface area (Å²) in [7, 11) is 1.40. The lowest BCUT2D eigenvalue weighted by atomic mass is 9.95. The van der Waals surface area contributed by atoms with Crippen molar-refractivity contribution in [2.75, 3.05) is 7.11 Å². The lowest BCUT2D eigenvalue weighted by Crippen LogP contribution is -2.32. The third kappa shape index (κ3) is 6.51. The smallest absolute Gasteiger partial charge is 0.304 e. The predicted molar refractivity (Wildman–Crippen MR) is 130 cm³/mol. The Morgan fingerprint density at radius 2 is 2.33 bits per heavy atom. The molecule has 0 saturated carbocycles. The van der Waals surface area contributed by atoms with Crippen LogP contribution < -0.4 is 10.1 Å². The van der Waals surface area contributed by atoms with Crippen LogP contribution in [-0.4, -0.2) is 35.9 Å². The summed E-state index contributed by atoms with van der Waals surface area (Å²) in [6.07, 6.45) is 8.70. The van der Waals surface area contributed by atoms with Gasteiger partial charge in [0, 0.05) is 17.3 Å². The van der Waals surface area contributed by atoms with Crippen LogP contribution in [0.15, 0.2) is 52.1 Å². The number of nitrogens with zero attached hydrogens (tertiary/aromatic N) is 2. The van der Waals surface area contributed by atoms with Crippen LogP contribution in [0, 0.1) is 5.82 Å². The number of halogens is 1. The van der Waals surface area contributed by atoms with Crippen molar-refractivity contribution in [3.63, 3.8) is 0 Å². The third-order valence-corrected chi connectivity index (χ3v) is 6.75. The number of benzene rings is 1. The van der Waals surface area contributed by atoms with E-state index in [-0.39, 0.29) is 12.2 Å². The molecular weight excluding hydrogens is 441 g/mol. The minimum atomic E-state index is -0.951. The maximum Gasteiger partial charge on any atom is 0.304 e. The van der Waals surface area contributed by atoms with E-state index in [1.807, 2.05) is 18.4 Å². The van der Waals surface area contributed by atoms with Gasteiger partial charge in [0.15, 0.2) is 11.6 Å². The van der Waals surface area contributed by atoms with E-state index >= 15 is 0 Å². The summed E-state index contributed by atoms with van der Waals surface area (Å²) < 4.78 is 19.2. The van der Waals surface area contributed by atoms with Crippen LogP contribution in [-0.2, 0) is 11.2 Å². The second kappa shape index (κ2) is 11.7. The average Bonchev–Trinajstić information content (AvgIpc) is 3.27. The first kappa shape index (κ1) is 24.6. The van der Waals surface area contributed by atoms with E-state index in [0.717, 1.165) is 43.6 Å². The Labute approximate surface area is 197 Å². The molecule has 3 rings (SSSR count). The van der Waals surface area contributed by atoms with Gasteiger partial charge in [-0.1, -0.05) is 18.2 Å². The number of carboxylic acid groups (broad SMARTS) is 1. The SMILES string of the molecule is C=NC1=C(/C=C\C)CCC(CCCc2csc(C(CC(=O)O)c3ccc(OC)c(F)c3)n2)N1. The number of hydrogen-bond acceptors (Lipinski definition) is 6. The molecule has 0 amide bonds. The summed E-state index contributed by atoms with van der Waals surface area (Å²) in [6, 6.07) is 4.91. The van der Waals surface area contributed by atoms with Crippen LogP contribution in [0.25, 0.3) is 0 Å². The van der Waals surface area contributed by atoms with Gasteiger partial charge in [-0.2, -0.15) is 0 Å². The Morgan fingerprint density at radius 3 is 3.00 bits per heavy atom. The Bertz CT molecular complexity index is 1050. The van der Waals surface area contributed by atoms with Crippen molar-refractivity contribution in [3.8, 4) is 5.75 Å². The van der Waals surface area contributed by atoms with E-state index < -0.39 is 17.7 Å². The van der Waals surface area contributed by atoms with Crippen molar-refractivity contribution < 1.29 is 19.0 Å². The molecule has 0 fully saturated rings. The zero-order valence-electron chi connectivity index (χ0n) is 19.0. The topological polar surface area (TPSA) is 83.8 Å². The molecule has 0 radical (unpaired) electrons. The standard InChI is InChI=1S/C25H30FN3O3S/c1-4-6-16-9-11-18(28-24(16)27-2)7-5-8-19-15-33-25(29-19)20(14-23(30)31)17-10-12-22(32-3)21(26)13-17/h4,6,10,12-13,15,18,20,28H,2,5,7-9,11,14H2,1,3H3,(H,30,31)/b6-4-. The van der Waals surface area contributed by atoms with E-state index in [9.17, 15) is 14.3 Å². The molecule has 0 saturated heterocycles. The van der Waals surface area contributed by atoms with E-state index in [4.69, 9.17) is 9.72 Å². The summed E-state index contributed by atoms with van der Waals surface area (Å²) in [5.41, 5.74) is 2.70. The average molecular weight is 472 g/mol. The maximum absolute atomic E-state index is 14.2. The van der Waals surface area contributed by atoms with Gasteiger partial charge in [-0.15, -0.1) is 11.3 Å². The van der Waals surface area contributed by atoms with Crippen molar-refractivity contribution in [1.82, 2.24) is 10.3 Å². The van der Waals surface area contributed by atoms with Gasteiger partial charge in [0.1, 0.15) is 10.8 Å². The van der Waals surface area contributed by atoms with Gasteiger partial charge >= 0.3 is 5.97 Å². The van der Waals surface area contributed by atoms with Crippen LogP contribution in [0.5, 0.6) is 5.75 Å². The van der Waals surface area contributed by atoms with Crippen LogP contribution in [0.2, 0.25) is 0 Å². The van der Waals surface area contributed by atoms with Crippen molar-refractivity contribution in [3.05, 3.63) is 69.2 Å². The van der Waals surface area contributed by atoms with Crippen molar-refractivity contribution in [2.45, 2.75) is 57.4 Å². The molecule has 6 nitrogen and oxygen atoms in total. The highest BCUT2D eigenvalue weighted by Crippen LogP contribution is 2.33. The predicted octanol–water partition coefficient (Wildman–Crippen LogP) is 5.46. The molecule has 1 aromatic carbocycles.